The smallest absolute Gasteiger partial charge is 0.396 e. The Bertz CT molecular complexity index is 517. The molecule has 1 rings (SSSR count). The lowest BCUT2D eigenvalue weighted by Gasteiger charge is -2.12. The average Bonchev–Trinajstić information content (AvgIpc) is 2.26. The van der Waals surface area contributed by atoms with Gasteiger partial charge in [0, 0.05) is 6.07 Å². The van der Waals surface area contributed by atoms with Crippen molar-refractivity contribution in [3.63, 3.8) is 0 Å². The van der Waals surface area contributed by atoms with Crippen LogP contribution in [0.15, 0.2) is 6.07 Å². The molecule has 104 valence electrons. The van der Waals surface area contributed by atoms with Crippen LogP contribution < -0.4 is 4.74 Å². The molecule has 0 bridgehead atoms. The van der Waals surface area contributed by atoms with E-state index in [1.165, 1.54) is 0 Å². The van der Waals surface area contributed by atoms with Crippen LogP contribution in [-0.4, -0.2) is 22.6 Å². The summed E-state index contributed by atoms with van der Waals surface area (Å²) in [5.74, 6) is -1.74. The number of aromatic nitrogens is 1. The summed E-state index contributed by atoms with van der Waals surface area (Å²) in [4.78, 5) is 22.4. The number of hydrogen-bond acceptors (Lipinski definition) is 5. The average molecular weight is 286 g/mol. The molecule has 0 aromatic carbocycles. The fourth-order valence-corrected chi connectivity index (χ4v) is 1.12. The zero-order valence-corrected chi connectivity index (χ0v) is 8.65. The zero-order valence-electron chi connectivity index (χ0n) is 8.65. The number of carbonyl (C=O) groups is 1. The first kappa shape index (κ1) is 14.7. The van der Waals surface area contributed by atoms with Crippen LogP contribution in [-0.2, 0) is 0 Å². The molecule has 19 heavy (non-hydrogen) atoms. The molecule has 0 aliphatic heterocycles. The molecule has 0 aliphatic carbocycles. The van der Waals surface area contributed by atoms with Crippen molar-refractivity contribution in [2.45, 2.75) is 12.8 Å². The van der Waals surface area contributed by atoms with Gasteiger partial charge in [-0.3, -0.25) is 14.9 Å². The summed E-state index contributed by atoms with van der Waals surface area (Å²) in [6, 6.07) is 0.306. The summed E-state index contributed by atoms with van der Waals surface area (Å²) in [7, 11) is 0. The molecule has 0 fully saturated rings. The lowest BCUT2D eigenvalue weighted by Crippen LogP contribution is -2.20. The quantitative estimate of drug-likeness (QED) is 0.368. The summed E-state index contributed by atoms with van der Waals surface area (Å²) in [5, 5.41) is 10.5. The number of ether oxygens (including phenoxy) is 1. The lowest BCUT2D eigenvalue weighted by atomic mass is 10.2. The van der Waals surface area contributed by atoms with Crippen molar-refractivity contribution >= 4 is 12.0 Å². The van der Waals surface area contributed by atoms with Crippen molar-refractivity contribution < 1.29 is 36.4 Å². The molecule has 0 radical (unpaired) electrons. The van der Waals surface area contributed by atoms with E-state index in [2.05, 4.69) is 9.72 Å². The van der Waals surface area contributed by atoms with Gasteiger partial charge in [0.25, 0.3) is 6.43 Å². The summed E-state index contributed by atoms with van der Waals surface area (Å²) < 4.78 is 64.3. The molecular formula is C8H3F5N2O4. The molecule has 1 heterocycles. The van der Waals surface area contributed by atoms with Gasteiger partial charge in [-0.05, 0) is 0 Å². The highest BCUT2D eigenvalue weighted by atomic mass is 19.4. The molecule has 0 N–H and O–H groups in total. The van der Waals surface area contributed by atoms with Crippen LogP contribution >= 0.6 is 0 Å². The molecule has 0 atom stereocenters. The van der Waals surface area contributed by atoms with Crippen molar-refractivity contribution in [1.82, 2.24) is 4.98 Å². The minimum absolute atomic E-state index is 0.115. The van der Waals surface area contributed by atoms with Gasteiger partial charge < -0.3 is 4.74 Å². The van der Waals surface area contributed by atoms with Crippen molar-refractivity contribution in [3.05, 3.63) is 27.6 Å². The van der Waals surface area contributed by atoms with Gasteiger partial charge >= 0.3 is 12.0 Å². The van der Waals surface area contributed by atoms with E-state index in [9.17, 15) is 36.9 Å². The predicted molar refractivity (Wildman–Crippen MR) is 47.9 cm³/mol. The SMILES string of the molecule is O=Cc1cc([N+](=O)[O-])c(OC(F)(F)F)c(C(F)F)n1. The van der Waals surface area contributed by atoms with Crippen LogP contribution in [0.1, 0.15) is 22.6 Å². The Kier molecular flexibility index (Phi) is 3.97. The second kappa shape index (κ2) is 5.12. The number of nitro groups is 1. The van der Waals surface area contributed by atoms with Crippen LogP contribution in [0.5, 0.6) is 5.75 Å². The van der Waals surface area contributed by atoms with E-state index >= 15 is 0 Å². The third-order valence-electron chi connectivity index (χ3n) is 1.74. The van der Waals surface area contributed by atoms with E-state index in [0.29, 0.717) is 6.07 Å². The minimum Gasteiger partial charge on any atom is -0.396 e. The Balaban J connectivity index is 3.53. The molecule has 11 heteroatoms. The second-order valence-electron chi connectivity index (χ2n) is 3.00. The fourth-order valence-electron chi connectivity index (χ4n) is 1.12. The van der Waals surface area contributed by atoms with Crippen molar-refractivity contribution in [2.24, 2.45) is 0 Å². The number of halogens is 5. The second-order valence-corrected chi connectivity index (χ2v) is 3.00. The number of aldehydes is 1. The Morgan fingerprint density at radius 2 is 2.00 bits per heavy atom. The van der Waals surface area contributed by atoms with E-state index < -0.39 is 40.5 Å². The first-order valence-corrected chi connectivity index (χ1v) is 4.34. The van der Waals surface area contributed by atoms with Crippen molar-refractivity contribution in [3.8, 4) is 5.75 Å². The maximum Gasteiger partial charge on any atom is 0.573 e. The Morgan fingerprint density at radius 1 is 1.42 bits per heavy atom. The zero-order chi connectivity index (χ0) is 14.8. The molecule has 0 saturated carbocycles. The standard InChI is InChI=1S/C8H3F5N2O4/c9-7(10)5-6(19-8(11,12)13)4(15(17)18)1-3(2-16)14-5/h1-2,7H. The molecular weight excluding hydrogens is 283 g/mol. The van der Waals surface area contributed by atoms with Crippen LogP contribution in [0, 0.1) is 10.1 Å². The van der Waals surface area contributed by atoms with Gasteiger partial charge in [0.1, 0.15) is 5.69 Å². The number of pyridine rings is 1. The Labute approximate surface area is 101 Å². The predicted octanol–water partition coefficient (Wildman–Crippen LogP) is 2.64. The van der Waals surface area contributed by atoms with Gasteiger partial charge in [-0.2, -0.15) is 0 Å². The summed E-state index contributed by atoms with van der Waals surface area (Å²) in [6.45, 7) is 0. The highest BCUT2D eigenvalue weighted by Crippen LogP contribution is 2.39. The molecule has 0 aliphatic rings. The molecule has 1 aromatic heterocycles. The van der Waals surface area contributed by atoms with Gasteiger partial charge in [-0.25, -0.2) is 13.8 Å². The van der Waals surface area contributed by atoms with Crippen molar-refractivity contribution in [2.75, 3.05) is 0 Å². The van der Waals surface area contributed by atoms with Crippen LogP contribution in [0.2, 0.25) is 0 Å². The van der Waals surface area contributed by atoms with E-state index in [1.54, 1.807) is 0 Å². The highest BCUT2D eigenvalue weighted by Gasteiger charge is 2.38. The third-order valence-corrected chi connectivity index (χ3v) is 1.74. The highest BCUT2D eigenvalue weighted by molar-refractivity contribution is 5.74. The number of alkyl halides is 5. The maximum absolute atomic E-state index is 12.5. The molecule has 6 nitrogen and oxygen atoms in total. The van der Waals surface area contributed by atoms with Gasteiger partial charge in [0.05, 0.1) is 4.92 Å². The van der Waals surface area contributed by atoms with Gasteiger partial charge in [-0.1, -0.05) is 0 Å². The molecule has 0 unspecified atom stereocenters. The summed E-state index contributed by atoms with van der Waals surface area (Å²) in [6.07, 6.45) is -9.12. The lowest BCUT2D eigenvalue weighted by molar-refractivity contribution is -0.389. The maximum atomic E-state index is 12.5. The topological polar surface area (TPSA) is 82.3 Å². The number of rotatable bonds is 4. The summed E-state index contributed by atoms with van der Waals surface area (Å²) in [5.41, 5.74) is -3.87. The van der Waals surface area contributed by atoms with E-state index in [4.69, 9.17) is 0 Å². The minimum atomic E-state index is -5.42. The normalized spacial score (nSPS) is 11.5. The fraction of sp³-hybridized carbons (Fsp3) is 0.250. The first-order chi connectivity index (χ1) is 8.65. The Hall–Kier alpha value is -2.33. The number of hydrogen-bond donors (Lipinski definition) is 0. The number of nitrogens with zero attached hydrogens (tertiary/aromatic N) is 2. The van der Waals surface area contributed by atoms with Gasteiger partial charge in [0.2, 0.25) is 5.75 Å². The molecule has 0 spiro atoms. The van der Waals surface area contributed by atoms with E-state index in [-0.39, 0.29) is 6.29 Å². The van der Waals surface area contributed by atoms with Gasteiger partial charge in [-0.15, -0.1) is 13.2 Å². The largest absolute Gasteiger partial charge is 0.573 e. The van der Waals surface area contributed by atoms with Crippen LogP contribution in [0.3, 0.4) is 0 Å². The van der Waals surface area contributed by atoms with Gasteiger partial charge in [0.15, 0.2) is 12.0 Å². The molecule has 0 amide bonds. The third kappa shape index (κ3) is 3.56. The monoisotopic (exact) mass is 286 g/mol. The molecule has 1 aromatic rings. The van der Waals surface area contributed by atoms with Crippen LogP contribution in [0.4, 0.5) is 27.6 Å². The first-order valence-electron chi connectivity index (χ1n) is 4.34. The van der Waals surface area contributed by atoms with E-state index in [0.717, 1.165) is 0 Å². The molecule has 0 saturated heterocycles. The number of carbonyl (C=O) groups excluding carboxylic acids is 1. The Morgan fingerprint density at radius 3 is 2.37 bits per heavy atom. The summed E-state index contributed by atoms with van der Waals surface area (Å²) >= 11 is 0. The van der Waals surface area contributed by atoms with Crippen LogP contribution in [0.25, 0.3) is 0 Å². The van der Waals surface area contributed by atoms with Crippen molar-refractivity contribution in [1.29, 1.82) is 0 Å². The van der Waals surface area contributed by atoms with E-state index in [1.807, 2.05) is 0 Å².